The van der Waals surface area contributed by atoms with Gasteiger partial charge in [-0.25, -0.2) is 4.79 Å². The summed E-state index contributed by atoms with van der Waals surface area (Å²) in [6, 6.07) is 2.91. The highest BCUT2D eigenvalue weighted by atomic mass is 35.5. The molecule has 0 bridgehead atoms. The number of carboxylic acids is 1. The SMILES string of the molecule is CNc1cc(Cl)cc(Cl)c1C(=O)O. The average Bonchev–Trinajstić information content (AvgIpc) is 2.01. The van der Waals surface area contributed by atoms with Crippen LogP contribution in [0.1, 0.15) is 10.4 Å². The summed E-state index contributed by atoms with van der Waals surface area (Å²) in [6.45, 7) is 0. The number of benzene rings is 1. The maximum Gasteiger partial charge on any atom is 0.339 e. The standard InChI is InChI=1S/C8H7Cl2NO2/c1-11-6-3-4(9)2-5(10)7(6)8(12)13/h2-3,11H,1H3,(H,12,13). The lowest BCUT2D eigenvalue weighted by atomic mass is 10.2. The van der Waals surface area contributed by atoms with Crippen LogP contribution in [-0.4, -0.2) is 18.1 Å². The van der Waals surface area contributed by atoms with Crippen LogP contribution in [0, 0.1) is 0 Å². The van der Waals surface area contributed by atoms with Gasteiger partial charge in [-0.05, 0) is 12.1 Å². The topological polar surface area (TPSA) is 49.3 Å². The Morgan fingerprint density at radius 1 is 1.46 bits per heavy atom. The summed E-state index contributed by atoms with van der Waals surface area (Å²) in [5.74, 6) is -1.08. The predicted octanol–water partition coefficient (Wildman–Crippen LogP) is 2.73. The normalized spacial score (nSPS) is 9.77. The fourth-order valence-electron chi connectivity index (χ4n) is 0.988. The van der Waals surface area contributed by atoms with E-state index in [0.29, 0.717) is 10.7 Å². The third-order valence-corrected chi connectivity index (χ3v) is 2.05. The molecule has 5 heteroatoms. The van der Waals surface area contributed by atoms with E-state index in [4.69, 9.17) is 28.3 Å². The van der Waals surface area contributed by atoms with Crippen molar-refractivity contribution in [1.82, 2.24) is 0 Å². The summed E-state index contributed by atoms with van der Waals surface area (Å²) >= 11 is 11.4. The molecule has 0 fully saturated rings. The van der Waals surface area contributed by atoms with Gasteiger partial charge in [0.25, 0.3) is 0 Å². The van der Waals surface area contributed by atoms with E-state index in [-0.39, 0.29) is 10.6 Å². The van der Waals surface area contributed by atoms with Crippen molar-refractivity contribution in [2.75, 3.05) is 12.4 Å². The molecule has 1 aromatic rings. The number of hydrogen-bond acceptors (Lipinski definition) is 2. The van der Waals surface area contributed by atoms with Crippen molar-refractivity contribution in [2.45, 2.75) is 0 Å². The smallest absolute Gasteiger partial charge is 0.339 e. The monoisotopic (exact) mass is 219 g/mol. The molecule has 70 valence electrons. The Morgan fingerprint density at radius 3 is 2.54 bits per heavy atom. The second-order valence-corrected chi connectivity index (χ2v) is 3.21. The molecule has 13 heavy (non-hydrogen) atoms. The van der Waals surface area contributed by atoms with E-state index in [1.807, 2.05) is 0 Å². The van der Waals surface area contributed by atoms with Gasteiger partial charge in [-0.1, -0.05) is 23.2 Å². The lowest BCUT2D eigenvalue weighted by molar-refractivity contribution is 0.0698. The predicted molar refractivity (Wildman–Crippen MR) is 53.0 cm³/mol. The molecule has 0 unspecified atom stereocenters. The lowest BCUT2D eigenvalue weighted by Gasteiger charge is -2.07. The zero-order valence-electron chi connectivity index (χ0n) is 6.77. The number of halogens is 2. The molecule has 0 aliphatic heterocycles. The van der Waals surface area contributed by atoms with Crippen LogP contribution in [0.4, 0.5) is 5.69 Å². The molecule has 3 nitrogen and oxygen atoms in total. The van der Waals surface area contributed by atoms with E-state index in [1.54, 1.807) is 7.05 Å². The Hall–Kier alpha value is -0.930. The Balaban J connectivity index is 3.38. The maximum absolute atomic E-state index is 10.7. The Kier molecular flexibility index (Phi) is 3.01. The summed E-state index contributed by atoms with van der Waals surface area (Å²) in [4.78, 5) is 10.7. The molecule has 1 aromatic carbocycles. The molecule has 0 heterocycles. The number of carboxylic acid groups (broad SMARTS) is 1. The van der Waals surface area contributed by atoms with Crippen molar-refractivity contribution in [3.8, 4) is 0 Å². The molecule has 0 saturated heterocycles. The first-order chi connectivity index (χ1) is 6.06. The van der Waals surface area contributed by atoms with Gasteiger partial charge in [0.05, 0.1) is 10.7 Å². The van der Waals surface area contributed by atoms with Gasteiger partial charge < -0.3 is 10.4 Å². The summed E-state index contributed by atoms with van der Waals surface area (Å²) in [5.41, 5.74) is 0.443. The van der Waals surface area contributed by atoms with Crippen LogP contribution in [0.2, 0.25) is 10.0 Å². The molecule has 0 amide bonds. The van der Waals surface area contributed by atoms with Gasteiger partial charge in [-0.15, -0.1) is 0 Å². The molecule has 0 atom stereocenters. The lowest BCUT2D eigenvalue weighted by Crippen LogP contribution is -2.03. The van der Waals surface area contributed by atoms with Crippen LogP contribution in [0.15, 0.2) is 12.1 Å². The van der Waals surface area contributed by atoms with Crippen molar-refractivity contribution in [1.29, 1.82) is 0 Å². The van der Waals surface area contributed by atoms with Gasteiger partial charge >= 0.3 is 5.97 Å². The van der Waals surface area contributed by atoms with E-state index in [9.17, 15) is 4.79 Å². The first-order valence-electron chi connectivity index (χ1n) is 3.46. The van der Waals surface area contributed by atoms with E-state index in [0.717, 1.165) is 0 Å². The van der Waals surface area contributed by atoms with Crippen molar-refractivity contribution in [2.24, 2.45) is 0 Å². The van der Waals surface area contributed by atoms with E-state index in [2.05, 4.69) is 5.32 Å². The quantitative estimate of drug-likeness (QED) is 0.805. The van der Waals surface area contributed by atoms with Crippen LogP contribution >= 0.6 is 23.2 Å². The van der Waals surface area contributed by atoms with E-state index >= 15 is 0 Å². The van der Waals surface area contributed by atoms with Crippen LogP contribution in [0.25, 0.3) is 0 Å². The second kappa shape index (κ2) is 3.85. The minimum atomic E-state index is -1.08. The van der Waals surface area contributed by atoms with Gasteiger partial charge in [0.2, 0.25) is 0 Å². The number of hydrogen-bond donors (Lipinski definition) is 2. The fraction of sp³-hybridized carbons (Fsp3) is 0.125. The number of anilines is 1. The molecule has 1 rings (SSSR count). The average molecular weight is 220 g/mol. The van der Waals surface area contributed by atoms with E-state index < -0.39 is 5.97 Å². The number of carbonyl (C=O) groups is 1. The molecule has 0 aromatic heterocycles. The maximum atomic E-state index is 10.7. The highest BCUT2D eigenvalue weighted by Crippen LogP contribution is 2.28. The van der Waals surface area contributed by atoms with Gasteiger partial charge in [0.15, 0.2) is 0 Å². The molecule has 0 radical (unpaired) electrons. The van der Waals surface area contributed by atoms with Gasteiger partial charge in [0.1, 0.15) is 5.56 Å². The van der Waals surface area contributed by atoms with E-state index in [1.165, 1.54) is 12.1 Å². The summed E-state index contributed by atoms with van der Waals surface area (Å²) in [7, 11) is 1.61. The van der Waals surface area contributed by atoms with Gasteiger partial charge in [-0.2, -0.15) is 0 Å². The Morgan fingerprint density at radius 2 is 2.08 bits per heavy atom. The number of aromatic carboxylic acids is 1. The number of rotatable bonds is 2. The highest BCUT2D eigenvalue weighted by Gasteiger charge is 2.14. The molecular formula is C8H7Cl2NO2. The zero-order chi connectivity index (χ0) is 10.0. The van der Waals surface area contributed by atoms with Crippen LogP contribution in [-0.2, 0) is 0 Å². The largest absolute Gasteiger partial charge is 0.478 e. The van der Waals surface area contributed by atoms with Crippen LogP contribution in [0.3, 0.4) is 0 Å². The van der Waals surface area contributed by atoms with Crippen molar-refractivity contribution < 1.29 is 9.90 Å². The van der Waals surface area contributed by atoms with Gasteiger partial charge in [0, 0.05) is 12.1 Å². The van der Waals surface area contributed by atoms with Crippen LogP contribution in [0.5, 0.6) is 0 Å². The summed E-state index contributed by atoms with van der Waals surface area (Å²) in [6.07, 6.45) is 0. The summed E-state index contributed by atoms with van der Waals surface area (Å²) < 4.78 is 0. The van der Waals surface area contributed by atoms with Gasteiger partial charge in [-0.3, -0.25) is 0 Å². The first-order valence-corrected chi connectivity index (χ1v) is 4.22. The third-order valence-electron chi connectivity index (χ3n) is 1.54. The second-order valence-electron chi connectivity index (χ2n) is 2.37. The van der Waals surface area contributed by atoms with Crippen molar-refractivity contribution in [3.05, 3.63) is 27.7 Å². The fourth-order valence-corrected chi connectivity index (χ4v) is 1.56. The summed E-state index contributed by atoms with van der Waals surface area (Å²) in [5, 5.41) is 12.0. The molecule has 0 aliphatic carbocycles. The Bertz CT molecular complexity index is 352. The minimum Gasteiger partial charge on any atom is -0.478 e. The number of nitrogens with one attached hydrogen (secondary N) is 1. The first kappa shape index (κ1) is 10.2. The van der Waals surface area contributed by atoms with Crippen LogP contribution < -0.4 is 5.32 Å². The van der Waals surface area contributed by atoms with Crippen molar-refractivity contribution >= 4 is 34.9 Å². The third kappa shape index (κ3) is 2.05. The molecule has 2 N–H and O–H groups in total. The zero-order valence-corrected chi connectivity index (χ0v) is 8.28. The highest BCUT2D eigenvalue weighted by molar-refractivity contribution is 6.37. The minimum absolute atomic E-state index is 0.0357. The molecule has 0 aliphatic rings. The molecular weight excluding hydrogens is 213 g/mol. The van der Waals surface area contributed by atoms with Crippen molar-refractivity contribution in [3.63, 3.8) is 0 Å². The Labute approximate surface area is 85.3 Å². The molecule has 0 saturated carbocycles. The molecule has 0 spiro atoms.